The zero-order valence-electron chi connectivity index (χ0n) is 19.1. The van der Waals surface area contributed by atoms with E-state index in [2.05, 4.69) is 10.2 Å². The first-order chi connectivity index (χ1) is 17.5. The van der Waals surface area contributed by atoms with Gasteiger partial charge in [0.2, 0.25) is 15.5 Å². The number of hydrogen-bond donors (Lipinski definition) is 1. The second kappa shape index (κ2) is 9.45. The number of nitriles is 1. The predicted molar refractivity (Wildman–Crippen MR) is 128 cm³/mol. The van der Waals surface area contributed by atoms with Crippen molar-refractivity contribution in [2.75, 3.05) is 4.90 Å². The Hall–Kier alpha value is -4.61. The van der Waals surface area contributed by atoms with E-state index in [9.17, 15) is 31.6 Å². The maximum Gasteiger partial charge on any atom is 0.416 e. The minimum absolute atomic E-state index is 0.0375. The van der Waals surface area contributed by atoms with E-state index in [1.165, 1.54) is 55.5 Å². The summed E-state index contributed by atoms with van der Waals surface area (Å²) < 4.78 is 66.8. The van der Waals surface area contributed by atoms with E-state index in [-0.39, 0.29) is 38.0 Å². The van der Waals surface area contributed by atoms with Crippen LogP contribution in [0.15, 0.2) is 94.0 Å². The fourth-order valence-corrected chi connectivity index (χ4v) is 5.58. The maximum atomic E-state index is 13.5. The van der Waals surface area contributed by atoms with E-state index in [1.807, 2.05) is 6.07 Å². The average Bonchev–Trinajstić information content (AvgIpc) is 2.88. The lowest BCUT2D eigenvalue weighted by Crippen LogP contribution is -2.46. The second-order valence-electron chi connectivity index (χ2n) is 8.03. The van der Waals surface area contributed by atoms with Crippen LogP contribution in [0, 0.1) is 17.9 Å². The number of carbonyl (C=O) groups is 1. The number of rotatable bonds is 4. The second-order valence-corrected chi connectivity index (χ2v) is 9.95. The normalized spacial score (nSPS) is 16.1. The monoisotopic (exact) mass is 522 g/mol. The number of benzene rings is 3. The molecule has 186 valence electrons. The highest BCUT2D eigenvalue weighted by atomic mass is 32.2. The Kier molecular flexibility index (Phi) is 6.51. The molecule has 11 heteroatoms. The Labute approximate surface area is 210 Å². The molecule has 2 amide bonds. The zero-order valence-corrected chi connectivity index (χ0v) is 19.9. The van der Waals surface area contributed by atoms with E-state index in [0.29, 0.717) is 0 Å². The van der Waals surface area contributed by atoms with Crippen molar-refractivity contribution in [2.45, 2.75) is 28.9 Å². The van der Waals surface area contributed by atoms with Gasteiger partial charge in [-0.2, -0.15) is 18.4 Å². The molecule has 1 heterocycles. The van der Waals surface area contributed by atoms with Crippen LogP contribution in [-0.4, -0.2) is 14.4 Å². The van der Waals surface area contributed by atoms with Gasteiger partial charge in [-0.3, -0.25) is 4.90 Å². The molecular weight excluding hydrogens is 505 g/mol. The fourth-order valence-electron chi connectivity index (χ4n) is 4.04. The van der Waals surface area contributed by atoms with Gasteiger partial charge in [-0.25, -0.2) is 18.1 Å². The molecule has 4 rings (SSSR count). The van der Waals surface area contributed by atoms with E-state index < -0.39 is 33.6 Å². The third kappa shape index (κ3) is 4.65. The van der Waals surface area contributed by atoms with Crippen molar-refractivity contribution in [1.82, 2.24) is 5.32 Å². The maximum absolute atomic E-state index is 13.5. The van der Waals surface area contributed by atoms with E-state index >= 15 is 0 Å². The van der Waals surface area contributed by atoms with Gasteiger partial charge in [0.15, 0.2) is 0 Å². The summed E-state index contributed by atoms with van der Waals surface area (Å²) in [6.45, 7) is 9.14. The van der Waals surface area contributed by atoms with Crippen molar-refractivity contribution in [3.63, 3.8) is 0 Å². The summed E-state index contributed by atoms with van der Waals surface area (Å²) >= 11 is 0. The molecule has 0 spiro atoms. The van der Waals surface area contributed by atoms with Crippen LogP contribution in [-0.2, 0) is 16.0 Å². The van der Waals surface area contributed by atoms with Crippen molar-refractivity contribution >= 4 is 21.6 Å². The highest BCUT2D eigenvalue weighted by Gasteiger charge is 2.38. The highest BCUT2D eigenvalue weighted by molar-refractivity contribution is 7.91. The van der Waals surface area contributed by atoms with Crippen LogP contribution in [0.3, 0.4) is 0 Å². The van der Waals surface area contributed by atoms with E-state index in [0.717, 1.165) is 23.1 Å². The lowest BCUT2D eigenvalue weighted by Gasteiger charge is -2.34. The quantitative estimate of drug-likeness (QED) is 0.436. The van der Waals surface area contributed by atoms with Crippen molar-refractivity contribution in [2.24, 2.45) is 0 Å². The Bertz CT molecular complexity index is 1620. The fraction of sp³-hybridized carbons (Fsp3) is 0.115. The SMILES string of the molecule is [C-]#[N+]C1=C(C)N(c2cccc(C(F)(F)F)c2)C(=O)N[C@@H]1c1ccc(C#N)cc1S(=O)(=O)c1ccccc1. The number of allylic oxidation sites excluding steroid dienone is 1. The Morgan fingerprint density at radius 1 is 1.05 bits per heavy atom. The van der Waals surface area contributed by atoms with Gasteiger partial charge < -0.3 is 5.32 Å². The van der Waals surface area contributed by atoms with Gasteiger partial charge >= 0.3 is 12.2 Å². The van der Waals surface area contributed by atoms with E-state index in [1.54, 1.807) is 6.07 Å². The summed E-state index contributed by atoms with van der Waals surface area (Å²) in [5.41, 5.74) is -1.04. The molecule has 0 unspecified atom stereocenters. The molecule has 3 aromatic rings. The Morgan fingerprint density at radius 2 is 1.76 bits per heavy atom. The molecule has 3 aromatic carbocycles. The predicted octanol–water partition coefficient (Wildman–Crippen LogP) is 5.83. The van der Waals surface area contributed by atoms with Crippen LogP contribution in [0.1, 0.15) is 29.7 Å². The molecule has 0 bridgehead atoms. The molecule has 7 nitrogen and oxygen atoms in total. The number of carbonyl (C=O) groups excluding carboxylic acids is 1. The average molecular weight is 523 g/mol. The number of amides is 2. The minimum atomic E-state index is -4.64. The molecule has 0 saturated heterocycles. The largest absolute Gasteiger partial charge is 0.416 e. The van der Waals surface area contributed by atoms with Gasteiger partial charge in [-0.1, -0.05) is 30.3 Å². The Morgan fingerprint density at radius 3 is 2.38 bits per heavy atom. The molecular formula is C26H17F3N4O3S. The van der Waals surface area contributed by atoms with Crippen LogP contribution in [0.4, 0.5) is 23.7 Å². The topological polar surface area (TPSA) is 94.6 Å². The first-order valence-corrected chi connectivity index (χ1v) is 12.2. The van der Waals surface area contributed by atoms with Crippen LogP contribution in [0.5, 0.6) is 0 Å². The summed E-state index contributed by atoms with van der Waals surface area (Å²) in [6, 6.07) is 15.2. The zero-order chi connectivity index (χ0) is 27.0. The van der Waals surface area contributed by atoms with Crippen LogP contribution in [0.2, 0.25) is 0 Å². The Balaban J connectivity index is 1.89. The number of halogens is 3. The summed E-state index contributed by atoms with van der Waals surface area (Å²) in [4.78, 5) is 17.3. The molecule has 1 aliphatic heterocycles. The first kappa shape index (κ1) is 25.5. The van der Waals surface area contributed by atoms with Crippen molar-refractivity contribution in [3.05, 3.63) is 112 Å². The molecule has 0 radical (unpaired) electrons. The molecule has 1 N–H and O–H groups in total. The number of nitrogens with zero attached hydrogens (tertiary/aromatic N) is 3. The number of urea groups is 1. The number of alkyl halides is 3. The number of hydrogen-bond acceptors (Lipinski definition) is 4. The van der Waals surface area contributed by atoms with Crippen LogP contribution >= 0.6 is 0 Å². The summed E-state index contributed by atoms with van der Waals surface area (Å²) in [5.74, 6) is 0. The molecule has 37 heavy (non-hydrogen) atoms. The molecule has 0 aliphatic carbocycles. The number of nitrogens with one attached hydrogen (secondary N) is 1. The molecule has 0 saturated carbocycles. The van der Waals surface area contributed by atoms with Gasteiger partial charge in [0, 0.05) is 11.4 Å². The summed E-state index contributed by atoms with van der Waals surface area (Å²) in [5, 5.41) is 11.9. The number of sulfone groups is 1. The molecule has 1 atom stereocenters. The smallest absolute Gasteiger partial charge is 0.335 e. The van der Waals surface area contributed by atoms with Gasteiger partial charge in [-0.05, 0) is 55.0 Å². The highest BCUT2D eigenvalue weighted by Crippen LogP contribution is 2.39. The molecule has 0 aromatic heterocycles. The van der Waals surface area contributed by atoms with Gasteiger partial charge in [0.05, 0.1) is 39.6 Å². The summed E-state index contributed by atoms with van der Waals surface area (Å²) in [7, 11) is -4.17. The third-order valence-corrected chi connectivity index (χ3v) is 7.62. The third-order valence-electron chi connectivity index (χ3n) is 5.80. The van der Waals surface area contributed by atoms with Gasteiger partial charge in [0.1, 0.15) is 0 Å². The van der Waals surface area contributed by atoms with Gasteiger partial charge in [-0.15, -0.1) is 0 Å². The van der Waals surface area contributed by atoms with Crippen molar-refractivity contribution < 1.29 is 26.4 Å². The first-order valence-electron chi connectivity index (χ1n) is 10.7. The minimum Gasteiger partial charge on any atom is -0.335 e. The summed E-state index contributed by atoms with van der Waals surface area (Å²) in [6.07, 6.45) is -4.64. The van der Waals surface area contributed by atoms with Crippen molar-refractivity contribution in [1.29, 1.82) is 5.26 Å². The van der Waals surface area contributed by atoms with E-state index in [4.69, 9.17) is 6.57 Å². The van der Waals surface area contributed by atoms with Crippen molar-refractivity contribution in [3.8, 4) is 6.07 Å². The molecule has 1 aliphatic rings. The molecule has 0 fully saturated rings. The standard InChI is InChI=1S/C26H17F3N4O3S/c1-16-23(31-2)24(32-25(34)33(16)19-8-6-7-18(14-19)26(27,28)29)21-12-11-17(15-30)13-22(21)37(35,36)20-9-4-3-5-10-20/h3-14,24H,1H3,(H,32,34)/t24-/m1/s1. The number of anilines is 1. The van der Waals surface area contributed by atoms with Gasteiger partial charge in [0.25, 0.3) is 0 Å². The van der Waals surface area contributed by atoms with Crippen LogP contribution in [0.25, 0.3) is 4.85 Å². The van der Waals surface area contributed by atoms with Crippen LogP contribution < -0.4 is 10.2 Å². The lowest BCUT2D eigenvalue weighted by molar-refractivity contribution is -0.137. The lowest BCUT2D eigenvalue weighted by atomic mass is 9.99.